The number of carboxylic acids is 1. The van der Waals surface area contributed by atoms with Crippen molar-refractivity contribution in [2.24, 2.45) is 5.92 Å². The topological polar surface area (TPSA) is 83.5 Å². The van der Waals surface area contributed by atoms with Crippen molar-refractivity contribution in [3.05, 3.63) is 28.2 Å². The van der Waals surface area contributed by atoms with Gasteiger partial charge < -0.3 is 5.11 Å². The third kappa shape index (κ3) is 3.21. The standard InChI is InChI=1S/C13H16BrNO4S/c1-8-7-9(5-6-11(8)14)20(18,19)15-12-4-2-3-10(12)13(16)17/h5-7,10,12,15H,2-4H2,1H3,(H,16,17). The number of aliphatic carboxylic acids is 1. The number of halogens is 1. The Morgan fingerprint density at radius 2 is 2.10 bits per heavy atom. The van der Waals surface area contributed by atoms with Crippen LogP contribution in [0.5, 0.6) is 0 Å². The highest BCUT2D eigenvalue weighted by Crippen LogP contribution is 2.28. The van der Waals surface area contributed by atoms with Crippen molar-refractivity contribution in [1.29, 1.82) is 0 Å². The van der Waals surface area contributed by atoms with Gasteiger partial charge >= 0.3 is 5.97 Å². The molecule has 0 aliphatic heterocycles. The minimum absolute atomic E-state index is 0.161. The molecule has 0 spiro atoms. The monoisotopic (exact) mass is 361 g/mol. The normalized spacial score (nSPS) is 22.9. The minimum Gasteiger partial charge on any atom is -0.481 e. The van der Waals surface area contributed by atoms with Gasteiger partial charge in [-0.25, -0.2) is 13.1 Å². The van der Waals surface area contributed by atoms with Crippen LogP contribution in [0.1, 0.15) is 24.8 Å². The second kappa shape index (κ2) is 5.83. The summed E-state index contributed by atoms with van der Waals surface area (Å²) in [6.07, 6.45) is 1.80. The van der Waals surface area contributed by atoms with Gasteiger partial charge in [0.15, 0.2) is 0 Å². The first-order chi connectivity index (χ1) is 9.31. The van der Waals surface area contributed by atoms with E-state index in [-0.39, 0.29) is 4.90 Å². The molecule has 0 aromatic heterocycles. The fourth-order valence-corrected chi connectivity index (χ4v) is 4.09. The SMILES string of the molecule is Cc1cc(S(=O)(=O)NC2CCCC2C(=O)O)ccc1Br. The quantitative estimate of drug-likeness (QED) is 0.861. The van der Waals surface area contributed by atoms with Crippen LogP contribution in [-0.2, 0) is 14.8 Å². The van der Waals surface area contributed by atoms with Crippen LogP contribution >= 0.6 is 15.9 Å². The van der Waals surface area contributed by atoms with E-state index in [0.717, 1.165) is 16.5 Å². The average molecular weight is 362 g/mol. The lowest BCUT2D eigenvalue weighted by atomic mass is 10.1. The molecule has 5 nitrogen and oxygen atoms in total. The largest absolute Gasteiger partial charge is 0.481 e. The van der Waals surface area contributed by atoms with Crippen LogP contribution in [0.3, 0.4) is 0 Å². The van der Waals surface area contributed by atoms with E-state index >= 15 is 0 Å². The molecule has 0 bridgehead atoms. The van der Waals surface area contributed by atoms with Crippen LogP contribution < -0.4 is 4.72 Å². The van der Waals surface area contributed by atoms with Gasteiger partial charge in [-0.05, 0) is 43.5 Å². The lowest BCUT2D eigenvalue weighted by molar-refractivity contribution is -0.141. The van der Waals surface area contributed by atoms with Gasteiger partial charge in [-0.15, -0.1) is 0 Å². The maximum absolute atomic E-state index is 12.3. The molecule has 0 heterocycles. The Labute approximate surface area is 126 Å². The fourth-order valence-electron chi connectivity index (χ4n) is 2.45. The zero-order valence-corrected chi connectivity index (χ0v) is 13.4. The van der Waals surface area contributed by atoms with Crippen LogP contribution in [0, 0.1) is 12.8 Å². The molecule has 2 unspecified atom stereocenters. The lowest BCUT2D eigenvalue weighted by Gasteiger charge is -2.18. The van der Waals surface area contributed by atoms with Gasteiger partial charge in [0, 0.05) is 10.5 Å². The minimum atomic E-state index is -3.68. The second-order valence-electron chi connectivity index (χ2n) is 5.01. The smallest absolute Gasteiger partial charge is 0.308 e. The van der Waals surface area contributed by atoms with E-state index in [0.29, 0.717) is 12.8 Å². The van der Waals surface area contributed by atoms with Crippen molar-refractivity contribution in [3.63, 3.8) is 0 Å². The Kier molecular flexibility index (Phi) is 4.51. The Morgan fingerprint density at radius 1 is 1.40 bits per heavy atom. The number of nitrogens with one attached hydrogen (secondary N) is 1. The molecule has 0 saturated heterocycles. The molecule has 1 fully saturated rings. The summed E-state index contributed by atoms with van der Waals surface area (Å²) in [4.78, 5) is 11.3. The van der Waals surface area contributed by atoms with Crippen LogP contribution in [0.2, 0.25) is 0 Å². The van der Waals surface area contributed by atoms with Crippen molar-refractivity contribution >= 4 is 31.9 Å². The van der Waals surface area contributed by atoms with Crippen molar-refractivity contribution in [1.82, 2.24) is 4.72 Å². The van der Waals surface area contributed by atoms with Gasteiger partial charge in [0.1, 0.15) is 0 Å². The van der Waals surface area contributed by atoms with Gasteiger partial charge in [0.2, 0.25) is 10.0 Å². The Morgan fingerprint density at radius 3 is 2.70 bits per heavy atom. The number of carboxylic acid groups (broad SMARTS) is 1. The zero-order chi connectivity index (χ0) is 14.9. The molecule has 0 radical (unpaired) electrons. The van der Waals surface area contributed by atoms with Gasteiger partial charge in [-0.1, -0.05) is 22.4 Å². The summed E-state index contributed by atoms with van der Waals surface area (Å²) in [6, 6.07) is 4.22. The highest BCUT2D eigenvalue weighted by Gasteiger charge is 2.35. The summed E-state index contributed by atoms with van der Waals surface area (Å²) in [7, 11) is -3.68. The highest BCUT2D eigenvalue weighted by atomic mass is 79.9. The van der Waals surface area contributed by atoms with Gasteiger partial charge in [0.05, 0.1) is 10.8 Å². The number of aryl methyl sites for hydroxylation is 1. The van der Waals surface area contributed by atoms with Crippen LogP contribution in [0.25, 0.3) is 0 Å². The van der Waals surface area contributed by atoms with Crippen molar-refractivity contribution < 1.29 is 18.3 Å². The molecule has 2 atom stereocenters. The zero-order valence-electron chi connectivity index (χ0n) is 11.0. The predicted octanol–water partition coefficient (Wildman–Crippen LogP) is 2.29. The molecule has 1 aliphatic rings. The molecular formula is C13H16BrNO4S. The molecule has 20 heavy (non-hydrogen) atoms. The maximum atomic E-state index is 12.3. The first kappa shape index (κ1) is 15.5. The highest BCUT2D eigenvalue weighted by molar-refractivity contribution is 9.10. The number of rotatable bonds is 4. The number of benzene rings is 1. The number of hydrogen-bond acceptors (Lipinski definition) is 3. The Balaban J connectivity index is 2.22. The summed E-state index contributed by atoms with van der Waals surface area (Å²) in [5.41, 5.74) is 0.814. The van der Waals surface area contributed by atoms with E-state index < -0.39 is 28.0 Å². The Hall–Kier alpha value is -0.920. The maximum Gasteiger partial charge on any atom is 0.308 e. The molecule has 1 aromatic rings. The number of hydrogen-bond donors (Lipinski definition) is 2. The van der Waals surface area contributed by atoms with Gasteiger partial charge in [-0.3, -0.25) is 4.79 Å². The lowest BCUT2D eigenvalue weighted by Crippen LogP contribution is -2.40. The van der Waals surface area contributed by atoms with E-state index in [9.17, 15) is 13.2 Å². The molecule has 0 amide bonds. The van der Waals surface area contributed by atoms with E-state index in [2.05, 4.69) is 20.7 Å². The molecule has 2 rings (SSSR count). The fraction of sp³-hybridized carbons (Fsp3) is 0.462. The Bertz CT molecular complexity index is 629. The summed E-state index contributed by atoms with van der Waals surface area (Å²) < 4.78 is 28.0. The third-order valence-corrected chi connectivity index (χ3v) is 5.96. The molecule has 110 valence electrons. The summed E-state index contributed by atoms with van der Waals surface area (Å²) in [5, 5.41) is 9.09. The van der Waals surface area contributed by atoms with Gasteiger partial charge in [-0.2, -0.15) is 0 Å². The van der Waals surface area contributed by atoms with E-state index in [1.807, 2.05) is 0 Å². The molecule has 2 N–H and O–H groups in total. The molecule has 1 aliphatic carbocycles. The third-order valence-electron chi connectivity index (χ3n) is 3.58. The van der Waals surface area contributed by atoms with Gasteiger partial charge in [0.25, 0.3) is 0 Å². The summed E-state index contributed by atoms with van der Waals surface area (Å²) >= 11 is 3.32. The second-order valence-corrected chi connectivity index (χ2v) is 7.58. The predicted molar refractivity (Wildman–Crippen MR) is 78.0 cm³/mol. The van der Waals surface area contributed by atoms with Crippen LogP contribution in [0.4, 0.5) is 0 Å². The molecule has 1 saturated carbocycles. The first-order valence-corrected chi connectivity index (χ1v) is 8.60. The molecular weight excluding hydrogens is 346 g/mol. The first-order valence-electron chi connectivity index (χ1n) is 6.32. The van der Waals surface area contributed by atoms with Crippen LogP contribution in [0.15, 0.2) is 27.6 Å². The molecule has 1 aromatic carbocycles. The average Bonchev–Trinajstić information content (AvgIpc) is 2.80. The number of carbonyl (C=O) groups is 1. The number of sulfonamides is 1. The van der Waals surface area contributed by atoms with Crippen LogP contribution in [-0.4, -0.2) is 25.5 Å². The summed E-state index contributed by atoms with van der Waals surface area (Å²) in [5.74, 6) is -1.58. The van der Waals surface area contributed by atoms with Crippen molar-refractivity contribution in [2.75, 3.05) is 0 Å². The summed E-state index contributed by atoms with van der Waals surface area (Å²) in [6.45, 7) is 1.80. The van der Waals surface area contributed by atoms with Crippen molar-refractivity contribution in [3.8, 4) is 0 Å². The van der Waals surface area contributed by atoms with E-state index in [1.54, 1.807) is 19.1 Å². The van der Waals surface area contributed by atoms with Crippen molar-refractivity contribution in [2.45, 2.75) is 37.1 Å². The van der Waals surface area contributed by atoms with E-state index in [4.69, 9.17) is 5.11 Å². The van der Waals surface area contributed by atoms with E-state index in [1.165, 1.54) is 6.07 Å². The molecule has 7 heteroatoms.